The molecule has 0 unspecified atom stereocenters. The highest BCUT2D eigenvalue weighted by atomic mass is 16.5. The molecule has 7 nitrogen and oxygen atoms in total. The lowest BCUT2D eigenvalue weighted by Gasteiger charge is -2.28. The number of para-hydroxylation sites is 1. The van der Waals surface area contributed by atoms with E-state index in [1.807, 2.05) is 23.1 Å². The maximum Gasteiger partial charge on any atom is 0.255 e. The van der Waals surface area contributed by atoms with Gasteiger partial charge in [0.05, 0.1) is 18.4 Å². The molecule has 1 N–H and O–H groups in total. The minimum absolute atomic E-state index is 0.0367. The second-order valence-electron chi connectivity index (χ2n) is 9.24. The van der Waals surface area contributed by atoms with Crippen molar-refractivity contribution in [3.63, 3.8) is 0 Å². The van der Waals surface area contributed by atoms with Crippen LogP contribution in [0.25, 0.3) is 0 Å². The Bertz CT molecular complexity index is 1050. The molecule has 1 aromatic heterocycles. The first kappa shape index (κ1) is 20.2. The molecular weight excluding hydrogens is 392 g/mol. The summed E-state index contributed by atoms with van der Waals surface area (Å²) in [5.74, 6) is 2.76. The zero-order valence-electron chi connectivity index (χ0n) is 18.3. The number of aromatic nitrogens is 2. The average Bonchev–Trinajstić information content (AvgIpc) is 3.31. The lowest BCUT2D eigenvalue weighted by molar-refractivity contribution is -0.131. The molecule has 1 aliphatic carbocycles. The fourth-order valence-corrected chi connectivity index (χ4v) is 4.99. The molecule has 3 aliphatic rings. The number of ether oxygens (including phenoxy) is 1. The van der Waals surface area contributed by atoms with E-state index in [0.29, 0.717) is 19.0 Å². The number of carbonyl (C=O) groups excluding carboxylic acids is 1. The molecule has 0 spiro atoms. The van der Waals surface area contributed by atoms with Gasteiger partial charge in [-0.2, -0.15) is 0 Å². The maximum atomic E-state index is 12.9. The van der Waals surface area contributed by atoms with Crippen LogP contribution in [-0.4, -0.2) is 52.4 Å². The number of H-pyrrole nitrogens is 1. The van der Waals surface area contributed by atoms with E-state index in [2.05, 4.69) is 22.9 Å². The second-order valence-corrected chi connectivity index (χ2v) is 9.24. The first-order valence-corrected chi connectivity index (χ1v) is 11.3. The fourth-order valence-electron chi connectivity index (χ4n) is 4.99. The van der Waals surface area contributed by atoms with E-state index in [0.717, 1.165) is 67.3 Å². The van der Waals surface area contributed by atoms with Crippen molar-refractivity contribution in [2.24, 2.45) is 11.8 Å². The standard InChI is InChI=1S/C24H30N4O3/c1-15-11-18(15)24(30)28-10-7-17(13-28)22-25-20-8-9-27(14-19(20)23(29)26-22)12-16-5-3-4-6-21(16)31-2/h3-6,15,17-18H,7-14H2,1-2H3,(H,25,26,29)/t15-,17-,18+/m1/s1. The topological polar surface area (TPSA) is 78.5 Å². The van der Waals surface area contributed by atoms with Crippen LogP contribution in [0.4, 0.5) is 0 Å². The number of likely N-dealkylation sites (tertiary alicyclic amines) is 1. The number of hydrogen-bond donors (Lipinski definition) is 1. The van der Waals surface area contributed by atoms with Gasteiger partial charge in [0.1, 0.15) is 11.6 Å². The number of benzene rings is 1. The van der Waals surface area contributed by atoms with Crippen LogP contribution >= 0.6 is 0 Å². The lowest BCUT2D eigenvalue weighted by Crippen LogP contribution is -2.36. The normalized spacial score (nSPS) is 25.4. The molecule has 0 bridgehead atoms. The van der Waals surface area contributed by atoms with Gasteiger partial charge in [-0.05, 0) is 24.8 Å². The minimum atomic E-state index is -0.0367. The molecule has 1 amide bonds. The van der Waals surface area contributed by atoms with Crippen molar-refractivity contribution in [2.45, 2.75) is 45.2 Å². The van der Waals surface area contributed by atoms with Crippen molar-refractivity contribution in [2.75, 3.05) is 26.7 Å². The van der Waals surface area contributed by atoms with Gasteiger partial charge in [0.25, 0.3) is 5.56 Å². The lowest BCUT2D eigenvalue weighted by atomic mass is 10.0. The van der Waals surface area contributed by atoms with Crippen LogP contribution in [0.5, 0.6) is 5.75 Å². The molecule has 5 rings (SSSR count). The van der Waals surface area contributed by atoms with E-state index in [1.54, 1.807) is 7.11 Å². The molecule has 3 heterocycles. The quantitative estimate of drug-likeness (QED) is 0.800. The van der Waals surface area contributed by atoms with E-state index in [1.165, 1.54) is 0 Å². The summed E-state index contributed by atoms with van der Waals surface area (Å²) in [5, 5.41) is 0. The number of carbonyl (C=O) groups is 1. The molecule has 1 aromatic carbocycles. The van der Waals surface area contributed by atoms with Crippen molar-refractivity contribution < 1.29 is 9.53 Å². The van der Waals surface area contributed by atoms with Gasteiger partial charge >= 0.3 is 0 Å². The molecule has 7 heteroatoms. The molecule has 2 aliphatic heterocycles. The molecule has 1 saturated heterocycles. The van der Waals surface area contributed by atoms with Gasteiger partial charge in [-0.3, -0.25) is 14.5 Å². The summed E-state index contributed by atoms with van der Waals surface area (Å²) in [7, 11) is 1.68. The molecule has 2 fully saturated rings. The SMILES string of the molecule is COc1ccccc1CN1CCc2nc([C@@H]3CCN(C(=O)[C@H]4C[C@H]4C)C3)[nH]c(=O)c2C1. The molecule has 164 valence electrons. The first-order chi connectivity index (χ1) is 15.0. The van der Waals surface area contributed by atoms with E-state index in [4.69, 9.17) is 9.72 Å². The van der Waals surface area contributed by atoms with E-state index >= 15 is 0 Å². The largest absolute Gasteiger partial charge is 0.496 e. The van der Waals surface area contributed by atoms with Crippen LogP contribution in [0.3, 0.4) is 0 Å². The second kappa shape index (κ2) is 8.11. The number of nitrogens with one attached hydrogen (secondary N) is 1. The first-order valence-electron chi connectivity index (χ1n) is 11.3. The number of fused-ring (bicyclic) bond motifs is 1. The van der Waals surface area contributed by atoms with Gasteiger partial charge in [0.15, 0.2) is 0 Å². The van der Waals surface area contributed by atoms with E-state index in [-0.39, 0.29) is 23.3 Å². The Balaban J connectivity index is 1.28. The Hall–Kier alpha value is -2.67. The summed E-state index contributed by atoms with van der Waals surface area (Å²) in [6, 6.07) is 8.01. The third-order valence-corrected chi connectivity index (χ3v) is 7.07. The van der Waals surface area contributed by atoms with Crippen LogP contribution in [0, 0.1) is 11.8 Å². The van der Waals surface area contributed by atoms with Gasteiger partial charge in [-0.25, -0.2) is 4.98 Å². The Morgan fingerprint density at radius 2 is 2.10 bits per heavy atom. The smallest absolute Gasteiger partial charge is 0.255 e. The predicted molar refractivity (Wildman–Crippen MR) is 117 cm³/mol. The minimum Gasteiger partial charge on any atom is -0.496 e. The van der Waals surface area contributed by atoms with Gasteiger partial charge in [0, 0.05) is 56.5 Å². The number of hydrogen-bond acceptors (Lipinski definition) is 5. The zero-order valence-corrected chi connectivity index (χ0v) is 18.3. The highest BCUT2D eigenvalue weighted by Crippen LogP contribution is 2.40. The van der Waals surface area contributed by atoms with Crippen molar-refractivity contribution in [1.29, 1.82) is 0 Å². The van der Waals surface area contributed by atoms with Crippen molar-refractivity contribution >= 4 is 5.91 Å². The summed E-state index contributed by atoms with van der Waals surface area (Å²) in [5.41, 5.74) is 2.76. The number of rotatable bonds is 5. The Morgan fingerprint density at radius 3 is 2.87 bits per heavy atom. The van der Waals surface area contributed by atoms with Crippen LogP contribution < -0.4 is 10.3 Å². The number of nitrogens with zero attached hydrogens (tertiary/aromatic N) is 3. The van der Waals surface area contributed by atoms with Gasteiger partial charge in [-0.1, -0.05) is 25.1 Å². The van der Waals surface area contributed by atoms with Crippen molar-refractivity contribution in [3.05, 3.63) is 57.3 Å². The van der Waals surface area contributed by atoms with Crippen molar-refractivity contribution in [1.82, 2.24) is 19.8 Å². The fraction of sp³-hybridized carbons (Fsp3) is 0.542. The van der Waals surface area contributed by atoms with Gasteiger partial charge < -0.3 is 14.6 Å². The Morgan fingerprint density at radius 1 is 1.29 bits per heavy atom. The average molecular weight is 423 g/mol. The predicted octanol–water partition coefficient (Wildman–Crippen LogP) is 2.31. The molecule has 3 atom stereocenters. The van der Waals surface area contributed by atoms with Crippen LogP contribution in [0.15, 0.2) is 29.1 Å². The van der Waals surface area contributed by atoms with Crippen LogP contribution in [0.2, 0.25) is 0 Å². The third kappa shape index (κ3) is 3.99. The molecule has 31 heavy (non-hydrogen) atoms. The summed E-state index contributed by atoms with van der Waals surface area (Å²) < 4.78 is 5.47. The monoisotopic (exact) mass is 422 g/mol. The molecule has 1 saturated carbocycles. The van der Waals surface area contributed by atoms with Crippen molar-refractivity contribution in [3.8, 4) is 5.75 Å². The number of amides is 1. The summed E-state index contributed by atoms with van der Waals surface area (Å²) >= 11 is 0. The highest BCUT2D eigenvalue weighted by molar-refractivity contribution is 5.81. The van der Waals surface area contributed by atoms with Crippen LogP contribution in [0.1, 0.15) is 48.3 Å². The molecular formula is C24H30N4O3. The Kier molecular flexibility index (Phi) is 5.30. The number of aromatic amines is 1. The van der Waals surface area contributed by atoms with Crippen LogP contribution in [-0.2, 0) is 24.3 Å². The zero-order chi connectivity index (χ0) is 21.5. The van der Waals surface area contributed by atoms with Gasteiger partial charge in [0.2, 0.25) is 5.91 Å². The molecule has 0 radical (unpaired) electrons. The Labute approximate surface area is 182 Å². The maximum absolute atomic E-state index is 12.9. The summed E-state index contributed by atoms with van der Waals surface area (Å²) in [6.45, 7) is 5.75. The third-order valence-electron chi connectivity index (χ3n) is 7.07. The van der Waals surface area contributed by atoms with E-state index in [9.17, 15) is 9.59 Å². The van der Waals surface area contributed by atoms with E-state index < -0.39 is 0 Å². The summed E-state index contributed by atoms with van der Waals surface area (Å²) in [4.78, 5) is 37.6. The highest BCUT2D eigenvalue weighted by Gasteiger charge is 2.43. The van der Waals surface area contributed by atoms with Gasteiger partial charge in [-0.15, -0.1) is 0 Å². The summed E-state index contributed by atoms with van der Waals surface area (Å²) in [6.07, 6.45) is 2.64. The molecule has 2 aromatic rings. The number of methoxy groups -OCH3 is 1.